The molecular weight excluding hydrogens is 1340 g/mol. The van der Waals surface area contributed by atoms with E-state index < -0.39 is 0 Å². The van der Waals surface area contributed by atoms with Crippen LogP contribution >= 0.6 is 0 Å². The first-order valence-electron chi connectivity index (χ1n) is 40.1. The molecule has 0 aliphatic heterocycles. The SMILES string of the molecule is C#CC#CC#CC#CC#CC#CC#CC#CC#CC#CC#CC#CC#CC.C#CC#CC#CC#CC#CC#CC#CC#CC#CC#CC#CC#CC#CC.CCCCCC1(CCC)C(CCCC)CC(CC)C(CCC)C1CCCC.CCCCCC1(CCCC)C(CCCC)C(=O)C(CC)=C(CCC)C1CCCC.O.[HH]. The zero-order valence-corrected chi connectivity index (χ0v) is 69.7. The Morgan fingerprint density at radius 1 is 0.315 bits per heavy atom. The molecule has 2 N–H and O–H groups in total. The van der Waals surface area contributed by atoms with Crippen LogP contribution in [-0.4, -0.2) is 11.3 Å². The summed E-state index contributed by atoms with van der Waals surface area (Å²) < 4.78 is 0. The van der Waals surface area contributed by atoms with Gasteiger partial charge in [-0.2, -0.15) is 0 Å². The molecule has 0 aromatic heterocycles. The van der Waals surface area contributed by atoms with Gasteiger partial charge in [-0.25, -0.2) is 0 Å². The fraction of sp³-hybridized carbons (Fsp3) is 0.495. The molecule has 111 heavy (non-hydrogen) atoms. The van der Waals surface area contributed by atoms with Gasteiger partial charge in [-0.05, 0) is 320 Å². The van der Waals surface area contributed by atoms with E-state index >= 15 is 0 Å². The van der Waals surface area contributed by atoms with Gasteiger partial charge in [-0.1, -0.05) is 235 Å². The van der Waals surface area contributed by atoms with Crippen LogP contribution in [0.15, 0.2) is 11.1 Å². The van der Waals surface area contributed by atoms with Crippen molar-refractivity contribution in [2.75, 3.05) is 0 Å². The lowest BCUT2D eigenvalue weighted by Crippen LogP contribution is -2.49. The molecule has 2 aliphatic carbocycles. The maximum atomic E-state index is 13.9. The van der Waals surface area contributed by atoms with Crippen LogP contribution in [0.5, 0.6) is 0 Å². The van der Waals surface area contributed by atoms with E-state index in [0.717, 1.165) is 42.9 Å². The van der Waals surface area contributed by atoms with Crippen molar-refractivity contribution in [3.05, 3.63) is 11.1 Å². The van der Waals surface area contributed by atoms with E-state index in [2.05, 4.69) is 379 Å². The molecule has 1 fully saturated rings. The third-order valence-electron chi connectivity index (χ3n) is 18.9. The van der Waals surface area contributed by atoms with E-state index in [1.807, 2.05) is 0 Å². The molecule has 0 heterocycles. The molecule has 2 aliphatic rings. The first-order chi connectivity index (χ1) is 54.0. The number of hydrogen-bond donors (Lipinski definition) is 0. The van der Waals surface area contributed by atoms with Gasteiger partial charge in [0.25, 0.3) is 0 Å². The molecule has 0 aromatic carbocycles. The second kappa shape index (κ2) is 77.5. The van der Waals surface area contributed by atoms with Crippen molar-refractivity contribution in [1.29, 1.82) is 0 Å². The zero-order chi connectivity index (χ0) is 81.2. The fourth-order valence-electron chi connectivity index (χ4n) is 14.6. The highest BCUT2D eigenvalue weighted by Crippen LogP contribution is 2.61. The summed E-state index contributed by atoms with van der Waals surface area (Å²) in [4.78, 5) is 13.9. The minimum atomic E-state index is 0. The number of carbonyl (C=O) groups excluding carboxylic acids is 1. The van der Waals surface area contributed by atoms with Crippen molar-refractivity contribution in [3.8, 4) is 309 Å². The summed E-state index contributed by atoms with van der Waals surface area (Å²) in [6, 6.07) is 0. The molecule has 566 valence electrons. The molecule has 2 nitrogen and oxygen atoms in total. The van der Waals surface area contributed by atoms with Crippen LogP contribution in [-0.2, 0) is 4.79 Å². The number of ketones is 1. The minimum Gasteiger partial charge on any atom is -0.412 e. The average molecular weight is 1460 g/mol. The Morgan fingerprint density at radius 2 is 0.622 bits per heavy atom. The molecule has 8 atom stereocenters. The molecule has 0 aromatic rings. The summed E-state index contributed by atoms with van der Waals surface area (Å²) in [5.74, 6) is 129. The van der Waals surface area contributed by atoms with E-state index in [-0.39, 0.29) is 18.2 Å². The Kier molecular flexibility index (Phi) is 72.0. The number of terminal acetylenes is 2. The smallest absolute Gasteiger partial charge is 0.162 e. The Bertz CT molecular complexity index is 4490. The number of Topliss-reactive ketones (excluding diaryl/α,β-unsaturated/α-hetero) is 1. The van der Waals surface area contributed by atoms with Crippen molar-refractivity contribution < 1.29 is 11.7 Å². The number of hydrogen-bond acceptors (Lipinski definition) is 1. The quantitative estimate of drug-likeness (QED) is 0.0504. The Labute approximate surface area is 682 Å². The number of rotatable bonds is 31. The second-order valence-corrected chi connectivity index (χ2v) is 26.1. The summed E-state index contributed by atoms with van der Waals surface area (Å²) in [6.45, 7) is 31.7. The number of unbranched alkanes of at least 4 members (excludes halogenated alkanes) is 9. The average Bonchev–Trinajstić information content (AvgIpc) is 0.744. The predicted octanol–water partition coefficient (Wildman–Crippen LogP) is 20.0. The monoisotopic (exact) mass is 1460 g/mol. The maximum absolute atomic E-state index is 13.9. The van der Waals surface area contributed by atoms with Crippen LogP contribution in [0.2, 0.25) is 0 Å². The minimum absolute atomic E-state index is 0. The number of allylic oxidation sites excluding steroid dienone is 2. The van der Waals surface area contributed by atoms with Gasteiger partial charge in [-0.15, -0.1) is 12.8 Å². The van der Waals surface area contributed by atoms with Gasteiger partial charge in [0.2, 0.25) is 0 Å². The lowest BCUT2D eigenvalue weighted by Gasteiger charge is -2.57. The largest absolute Gasteiger partial charge is 0.412 e. The topological polar surface area (TPSA) is 48.6 Å². The highest BCUT2D eigenvalue weighted by atomic mass is 16.1. The van der Waals surface area contributed by atoms with Gasteiger partial charge in [0.05, 0.1) is 0 Å². The van der Waals surface area contributed by atoms with Crippen LogP contribution in [0, 0.1) is 355 Å². The van der Waals surface area contributed by atoms with Crippen LogP contribution in [0.1, 0.15) is 304 Å². The fourth-order valence-corrected chi connectivity index (χ4v) is 14.6. The first kappa shape index (κ1) is 103. The van der Waals surface area contributed by atoms with Gasteiger partial charge < -0.3 is 5.48 Å². The Balaban J connectivity index is -0.000000691. The third-order valence-corrected chi connectivity index (χ3v) is 18.9. The van der Waals surface area contributed by atoms with E-state index in [0.29, 0.717) is 17.1 Å². The van der Waals surface area contributed by atoms with E-state index in [1.54, 1.807) is 25.8 Å². The molecule has 1 saturated carbocycles. The van der Waals surface area contributed by atoms with Gasteiger partial charge in [-0.3, -0.25) is 4.79 Å². The Morgan fingerprint density at radius 3 is 0.919 bits per heavy atom. The molecule has 2 heteroatoms. The molecule has 0 radical (unpaired) electrons. The van der Waals surface area contributed by atoms with Crippen LogP contribution < -0.4 is 0 Å². The van der Waals surface area contributed by atoms with Gasteiger partial charge >= 0.3 is 0 Å². The summed E-state index contributed by atoms with van der Waals surface area (Å²) in [5, 5.41) is 0. The van der Waals surface area contributed by atoms with Crippen molar-refractivity contribution in [3.63, 3.8) is 0 Å². The third kappa shape index (κ3) is 49.5. The van der Waals surface area contributed by atoms with Crippen molar-refractivity contribution in [2.24, 2.45) is 46.3 Å². The van der Waals surface area contributed by atoms with Crippen molar-refractivity contribution in [1.82, 2.24) is 0 Å². The lowest BCUT2D eigenvalue weighted by molar-refractivity contribution is -0.128. The summed E-state index contributed by atoms with van der Waals surface area (Å²) in [5.41, 5.74) is 3.74. The summed E-state index contributed by atoms with van der Waals surface area (Å²) >= 11 is 0. The van der Waals surface area contributed by atoms with E-state index in [1.165, 1.54) is 185 Å². The number of carbonyl (C=O) groups is 1. The van der Waals surface area contributed by atoms with Crippen molar-refractivity contribution >= 4 is 5.78 Å². The molecule has 0 spiro atoms. The second-order valence-electron chi connectivity index (χ2n) is 26.1. The molecule has 8 unspecified atom stereocenters. The Hall–Kier alpha value is -12.1. The molecular formula is C109H118O2. The highest BCUT2D eigenvalue weighted by molar-refractivity contribution is 5.99. The summed E-state index contributed by atoms with van der Waals surface area (Å²) in [6.07, 6.45) is 52.8. The zero-order valence-electron chi connectivity index (χ0n) is 69.7. The van der Waals surface area contributed by atoms with Crippen LogP contribution in [0.25, 0.3) is 0 Å². The van der Waals surface area contributed by atoms with E-state index in [9.17, 15) is 4.79 Å². The molecule has 0 amide bonds. The van der Waals surface area contributed by atoms with Crippen LogP contribution in [0.4, 0.5) is 0 Å². The highest BCUT2D eigenvalue weighted by Gasteiger charge is 2.53. The van der Waals surface area contributed by atoms with Gasteiger partial charge in [0.1, 0.15) is 0 Å². The standard InChI is InChI=1S/C28H52O.C27H54.2C27H4.H2O.H2/c1-7-13-17-22-28(21-16-10-4)25(19-14-8-2)24(18-11-5)23(12-6)27(29)26(28)20-15-9-3;1-7-13-16-21-27(20-11-5)24(18-14-8-2)22-23(12-6)25(17-10-4)26(27)19-15-9-3;2*1-3-5-7-9-11-13-15-17-19-21-23-25-27-26-24-22-20-18-16-14-12-10-8-6-4-2;;/h25-26H,7-22H2,1-6H3;23-26H,7-22H2,1-6H3;2*1H,2H3;1H2;1H. The van der Waals surface area contributed by atoms with E-state index in [4.69, 9.17) is 12.8 Å². The summed E-state index contributed by atoms with van der Waals surface area (Å²) in [7, 11) is 0. The normalized spacial score (nSPS) is 16.1. The predicted molar refractivity (Wildman–Crippen MR) is 475 cm³/mol. The molecule has 0 saturated heterocycles. The molecule has 0 bridgehead atoms. The van der Waals surface area contributed by atoms with Crippen molar-refractivity contribution in [2.45, 2.75) is 302 Å². The maximum Gasteiger partial charge on any atom is 0.162 e. The molecule has 2 rings (SSSR count). The van der Waals surface area contributed by atoms with Gasteiger partial charge in [0.15, 0.2) is 5.78 Å². The van der Waals surface area contributed by atoms with Gasteiger partial charge in [0, 0.05) is 102 Å². The lowest BCUT2D eigenvalue weighted by atomic mass is 9.48. The first-order valence-corrected chi connectivity index (χ1v) is 40.1. The van der Waals surface area contributed by atoms with Crippen LogP contribution in [0.3, 0.4) is 0 Å².